The highest BCUT2D eigenvalue weighted by molar-refractivity contribution is 5.79. The first-order valence-electron chi connectivity index (χ1n) is 10.3. The fourth-order valence-corrected chi connectivity index (χ4v) is 3.98. The van der Waals surface area contributed by atoms with E-state index in [1.807, 2.05) is 45.9 Å². The molecular weight excluding hydrogens is 374 g/mol. The molecule has 1 aromatic carbocycles. The van der Waals surface area contributed by atoms with Crippen molar-refractivity contribution in [3.63, 3.8) is 0 Å². The molecule has 0 radical (unpaired) electrons. The predicted molar refractivity (Wildman–Crippen MR) is 115 cm³/mol. The lowest BCUT2D eigenvalue weighted by molar-refractivity contribution is -0.129. The number of fused-ring (bicyclic) bond motifs is 1. The normalized spacial score (nSPS) is 16.3. The van der Waals surface area contributed by atoms with Gasteiger partial charge in [-0.25, -0.2) is 9.50 Å². The third kappa shape index (κ3) is 3.68. The number of carbonyl (C=O) groups excluding carboxylic acids is 1. The van der Waals surface area contributed by atoms with E-state index >= 15 is 0 Å². The number of hydrogen-bond donors (Lipinski definition) is 0. The second-order valence-corrected chi connectivity index (χ2v) is 7.91. The Morgan fingerprint density at radius 2 is 1.83 bits per heavy atom. The van der Waals surface area contributed by atoms with Gasteiger partial charge in [0, 0.05) is 43.2 Å². The smallest absolute Gasteiger partial charge is 0.227 e. The first kappa shape index (κ1) is 18.5. The number of hydrogen-bond acceptors (Lipinski definition) is 4. The van der Waals surface area contributed by atoms with Gasteiger partial charge in [-0.05, 0) is 48.7 Å². The third-order valence-corrected chi connectivity index (χ3v) is 5.74. The molecule has 1 amide bonds. The van der Waals surface area contributed by atoms with Crippen molar-refractivity contribution >= 4 is 11.6 Å². The van der Waals surface area contributed by atoms with Gasteiger partial charge in [-0.3, -0.25) is 9.78 Å². The molecular formula is C24H23N5O. The van der Waals surface area contributed by atoms with Crippen LogP contribution < -0.4 is 0 Å². The molecule has 4 heterocycles. The lowest BCUT2D eigenvalue weighted by Crippen LogP contribution is -2.30. The first-order valence-corrected chi connectivity index (χ1v) is 10.3. The van der Waals surface area contributed by atoms with E-state index in [4.69, 9.17) is 10.1 Å². The molecule has 6 nitrogen and oxygen atoms in total. The topological polar surface area (TPSA) is 63.4 Å². The van der Waals surface area contributed by atoms with Crippen LogP contribution in [0, 0.1) is 6.92 Å². The van der Waals surface area contributed by atoms with Crippen LogP contribution in [0.15, 0.2) is 67.1 Å². The molecule has 1 saturated heterocycles. The molecule has 6 heteroatoms. The van der Waals surface area contributed by atoms with Crippen LogP contribution in [0.25, 0.3) is 16.8 Å². The molecule has 1 aliphatic heterocycles. The van der Waals surface area contributed by atoms with E-state index in [1.54, 1.807) is 12.4 Å². The molecule has 0 N–H and O–H groups in total. The molecule has 0 bridgehead atoms. The predicted octanol–water partition coefficient (Wildman–Crippen LogP) is 3.66. The molecule has 5 rings (SSSR count). The summed E-state index contributed by atoms with van der Waals surface area (Å²) < 4.78 is 1.84. The molecule has 0 aliphatic carbocycles. The third-order valence-electron chi connectivity index (χ3n) is 5.74. The van der Waals surface area contributed by atoms with Gasteiger partial charge in [-0.15, -0.1) is 0 Å². The number of likely N-dealkylation sites (tertiary alicyclic amines) is 1. The zero-order valence-electron chi connectivity index (χ0n) is 16.9. The van der Waals surface area contributed by atoms with Crippen LogP contribution in [0.4, 0.5) is 0 Å². The Bertz CT molecular complexity index is 1180. The van der Waals surface area contributed by atoms with Crippen LogP contribution in [0.5, 0.6) is 0 Å². The van der Waals surface area contributed by atoms with Gasteiger partial charge < -0.3 is 4.90 Å². The van der Waals surface area contributed by atoms with Gasteiger partial charge >= 0.3 is 0 Å². The van der Waals surface area contributed by atoms with E-state index in [-0.39, 0.29) is 11.8 Å². The van der Waals surface area contributed by atoms with Gasteiger partial charge in [0.25, 0.3) is 0 Å². The van der Waals surface area contributed by atoms with Crippen LogP contribution >= 0.6 is 0 Å². The Kier molecular flexibility index (Phi) is 4.75. The summed E-state index contributed by atoms with van der Waals surface area (Å²) in [5, 5.41) is 4.72. The maximum absolute atomic E-state index is 12.7. The van der Waals surface area contributed by atoms with Crippen molar-refractivity contribution < 1.29 is 4.79 Å². The van der Waals surface area contributed by atoms with E-state index < -0.39 is 0 Å². The molecule has 150 valence electrons. The number of amides is 1. The second-order valence-electron chi connectivity index (χ2n) is 7.91. The number of rotatable bonds is 4. The lowest BCUT2D eigenvalue weighted by Gasteiger charge is -2.16. The highest BCUT2D eigenvalue weighted by Gasteiger charge is 2.30. The average Bonchev–Trinajstić information content (AvgIpc) is 3.42. The number of aromatic nitrogens is 4. The molecule has 3 aromatic heterocycles. The average molecular weight is 397 g/mol. The Morgan fingerprint density at radius 1 is 1.03 bits per heavy atom. The first-order chi connectivity index (χ1) is 14.7. The van der Waals surface area contributed by atoms with Crippen LogP contribution in [0.3, 0.4) is 0 Å². The molecule has 4 aromatic rings. The van der Waals surface area contributed by atoms with Crippen molar-refractivity contribution in [1.82, 2.24) is 24.5 Å². The van der Waals surface area contributed by atoms with Crippen LogP contribution in [-0.4, -0.2) is 43.5 Å². The number of aryl methyl sites for hydroxylation is 1. The Hall–Kier alpha value is -3.54. The fourth-order valence-electron chi connectivity index (χ4n) is 3.98. The van der Waals surface area contributed by atoms with E-state index in [0.717, 1.165) is 41.1 Å². The molecule has 30 heavy (non-hydrogen) atoms. The molecule has 1 fully saturated rings. The highest BCUT2D eigenvalue weighted by Crippen LogP contribution is 2.27. The van der Waals surface area contributed by atoms with Crippen LogP contribution in [0.1, 0.15) is 29.3 Å². The second kappa shape index (κ2) is 7.71. The molecule has 0 unspecified atom stereocenters. The quantitative estimate of drug-likeness (QED) is 0.527. The summed E-state index contributed by atoms with van der Waals surface area (Å²) in [6, 6.07) is 16.2. The SMILES string of the molecule is Cc1ccc(CC(=O)N2CC[C@H](c3nc4ccc(-c5ccncc5)cn4n3)C2)cc1. The van der Waals surface area contributed by atoms with Crippen molar-refractivity contribution in [3.05, 3.63) is 84.1 Å². The molecule has 1 atom stereocenters. The van der Waals surface area contributed by atoms with E-state index in [2.05, 4.69) is 30.1 Å². The standard InChI is InChI=1S/C24H23N5O/c1-17-2-4-18(5-3-17)14-23(30)28-13-10-21(15-28)24-26-22-7-6-20(16-29(22)27-24)19-8-11-25-12-9-19/h2-9,11-12,16,21H,10,13-15H2,1H3/t21-/m0/s1. The Labute approximate surface area is 175 Å². The largest absolute Gasteiger partial charge is 0.342 e. The van der Waals surface area contributed by atoms with Gasteiger partial charge in [-0.2, -0.15) is 5.10 Å². The zero-order valence-corrected chi connectivity index (χ0v) is 16.9. The molecule has 0 saturated carbocycles. The van der Waals surface area contributed by atoms with Crippen molar-refractivity contribution in [3.8, 4) is 11.1 Å². The Morgan fingerprint density at radius 3 is 2.63 bits per heavy atom. The number of benzene rings is 1. The van der Waals surface area contributed by atoms with Gasteiger partial charge in [0.05, 0.1) is 6.42 Å². The van der Waals surface area contributed by atoms with Crippen molar-refractivity contribution in [2.45, 2.75) is 25.7 Å². The monoisotopic (exact) mass is 397 g/mol. The summed E-state index contributed by atoms with van der Waals surface area (Å²) >= 11 is 0. The number of nitrogens with zero attached hydrogens (tertiary/aromatic N) is 5. The summed E-state index contributed by atoms with van der Waals surface area (Å²) in [5.74, 6) is 1.16. The molecule has 1 aliphatic rings. The summed E-state index contributed by atoms with van der Waals surface area (Å²) in [6.45, 7) is 3.49. The summed E-state index contributed by atoms with van der Waals surface area (Å²) in [5.41, 5.74) is 5.26. The van der Waals surface area contributed by atoms with Crippen LogP contribution in [-0.2, 0) is 11.2 Å². The van der Waals surface area contributed by atoms with Crippen LogP contribution in [0.2, 0.25) is 0 Å². The number of carbonyl (C=O) groups is 1. The molecule has 0 spiro atoms. The van der Waals surface area contributed by atoms with Gasteiger partial charge in [-0.1, -0.05) is 29.8 Å². The van der Waals surface area contributed by atoms with Gasteiger partial charge in [0.2, 0.25) is 5.91 Å². The minimum atomic E-state index is 0.171. The van der Waals surface area contributed by atoms with Crippen molar-refractivity contribution in [2.24, 2.45) is 0 Å². The maximum atomic E-state index is 12.7. The number of pyridine rings is 2. The van der Waals surface area contributed by atoms with Crippen molar-refractivity contribution in [1.29, 1.82) is 0 Å². The minimum Gasteiger partial charge on any atom is -0.342 e. The van der Waals surface area contributed by atoms with E-state index in [1.165, 1.54) is 5.56 Å². The maximum Gasteiger partial charge on any atom is 0.227 e. The van der Waals surface area contributed by atoms with Gasteiger partial charge in [0.15, 0.2) is 11.5 Å². The minimum absolute atomic E-state index is 0.171. The van der Waals surface area contributed by atoms with E-state index in [9.17, 15) is 4.79 Å². The summed E-state index contributed by atoms with van der Waals surface area (Å²) in [6.07, 6.45) is 6.91. The summed E-state index contributed by atoms with van der Waals surface area (Å²) in [4.78, 5) is 23.5. The Balaban J connectivity index is 1.30. The van der Waals surface area contributed by atoms with Crippen molar-refractivity contribution in [2.75, 3.05) is 13.1 Å². The lowest BCUT2D eigenvalue weighted by atomic mass is 10.1. The zero-order chi connectivity index (χ0) is 20.5. The van der Waals surface area contributed by atoms with E-state index in [0.29, 0.717) is 13.0 Å². The van der Waals surface area contributed by atoms with Gasteiger partial charge in [0.1, 0.15) is 0 Å². The fraction of sp³-hybridized carbons (Fsp3) is 0.250. The highest BCUT2D eigenvalue weighted by atomic mass is 16.2. The summed E-state index contributed by atoms with van der Waals surface area (Å²) in [7, 11) is 0.